The second-order valence-corrected chi connectivity index (χ2v) is 6.75. The van der Waals surface area contributed by atoms with E-state index in [0.29, 0.717) is 31.0 Å². The molecule has 0 aromatic carbocycles. The van der Waals surface area contributed by atoms with E-state index < -0.39 is 10.0 Å². The highest BCUT2D eigenvalue weighted by Gasteiger charge is 2.20. The minimum absolute atomic E-state index is 0.195. The molecule has 0 radical (unpaired) electrons. The lowest BCUT2D eigenvalue weighted by atomic mass is 10.3. The van der Waals surface area contributed by atoms with Gasteiger partial charge in [-0.05, 0) is 14.0 Å². The van der Waals surface area contributed by atoms with Gasteiger partial charge in [-0.25, -0.2) is 18.1 Å². The molecule has 0 fully saturated rings. The molecule has 20 heavy (non-hydrogen) atoms. The Morgan fingerprint density at radius 3 is 2.90 bits per heavy atom. The van der Waals surface area contributed by atoms with Crippen molar-refractivity contribution in [2.45, 2.75) is 24.8 Å². The van der Waals surface area contributed by atoms with Crippen LogP contribution in [0.15, 0.2) is 26.3 Å². The van der Waals surface area contributed by atoms with E-state index in [1.54, 1.807) is 25.5 Å². The summed E-state index contributed by atoms with van der Waals surface area (Å²) in [7, 11) is -1.76. The quantitative estimate of drug-likeness (QED) is 0.804. The third kappa shape index (κ3) is 3.66. The van der Waals surface area contributed by atoms with Crippen molar-refractivity contribution in [2.24, 2.45) is 0 Å². The molecule has 0 atom stereocenters. The Kier molecular flexibility index (Phi) is 4.92. The average molecular weight is 315 g/mol. The van der Waals surface area contributed by atoms with Crippen molar-refractivity contribution >= 4 is 21.4 Å². The Morgan fingerprint density at radius 2 is 2.25 bits per heavy atom. The molecule has 2 aromatic heterocycles. The van der Waals surface area contributed by atoms with Crippen molar-refractivity contribution in [2.75, 3.05) is 13.6 Å². The number of nitrogens with zero attached hydrogens (tertiary/aromatic N) is 1. The van der Waals surface area contributed by atoms with Gasteiger partial charge in [0, 0.05) is 24.4 Å². The summed E-state index contributed by atoms with van der Waals surface area (Å²) >= 11 is 1.49. The van der Waals surface area contributed by atoms with Crippen molar-refractivity contribution in [3.8, 4) is 0 Å². The van der Waals surface area contributed by atoms with Crippen LogP contribution in [0.3, 0.4) is 0 Å². The summed E-state index contributed by atoms with van der Waals surface area (Å²) in [6.45, 7) is 2.46. The first kappa shape index (κ1) is 15.2. The molecular weight excluding hydrogens is 298 g/mol. The third-order valence-electron chi connectivity index (χ3n) is 2.72. The molecule has 2 rings (SSSR count). The summed E-state index contributed by atoms with van der Waals surface area (Å²) in [5.41, 5.74) is 2.62. The fraction of sp³-hybridized carbons (Fsp3) is 0.417. The largest absolute Gasteiger partial charge is 0.464 e. The van der Waals surface area contributed by atoms with Gasteiger partial charge in [-0.15, -0.1) is 11.3 Å². The van der Waals surface area contributed by atoms with E-state index >= 15 is 0 Å². The Hall–Kier alpha value is -1.22. The summed E-state index contributed by atoms with van der Waals surface area (Å²) < 4.78 is 32.3. The Balaban J connectivity index is 2.02. The fourth-order valence-corrected chi connectivity index (χ4v) is 3.63. The van der Waals surface area contributed by atoms with E-state index in [-0.39, 0.29) is 4.90 Å². The average Bonchev–Trinajstić information content (AvgIpc) is 2.99. The molecule has 0 unspecified atom stereocenters. The second-order valence-electron chi connectivity index (χ2n) is 4.29. The number of hydrogen-bond acceptors (Lipinski definition) is 6. The number of sulfonamides is 1. The van der Waals surface area contributed by atoms with E-state index in [0.717, 1.165) is 5.69 Å². The van der Waals surface area contributed by atoms with Crippen LogP contribution < -0.4 is 10.0 Å². The Morgan fingerprint density at radius 1 is 1.45 bits per heavy atom. The standard InChI is InChI=1S/C12H17N3O3S2/c1-9-12(5-11(18-9)6-13-2)20(16,17)15-4-3-10-7-19-8-14-10/h5,7-8,13,15H,3-4,6H2,1-2H3. The van der Waals surface area contributed by atoms with E-state index in [1.807, 2.05) is 5.38 Å². The van der Waals surface area contributed by atoms with Crippen LogP contribution in [-0.4, -0.2) is 27.0 Å². The van der Waals surface area contributed by atoms with Gasteiger partial charge in [-0.1, -0.05) is 0 Å². The summed E-state index contributed by atoms with van der Waals surface area (Å²) in [6.07, 6.45) is 0.572. The first-order chi connectivity index (χ1) is 9.53. The molecule has 0 aliphatic rings. The molecule has 2 aromatic rings. The minimum atomic E-state index is -3.54. The molecule has 0 amide bonds. The molecule has 0 aliphatic heterocycles. The lowest BCUT2D eigenvalue weighted by Crippen LogP contribution is -2.26. The first-order valence-electron chi connectivity index (χ1n) is 6.13. The highest BCUT2D eigenvalue weighted by atomic mass is 32.2. The van der Waals surface area contributed by atoms with Gasteiger partial charge >= 0.3 is 0 Å². The molecule has 6 nitrogen and oxygen atoms in total. The molecule has 0 spiro atoms. The molecular formula is C12H17N3O3S2. The fourth-order valence-electron chi connectivity index (χ4n) is 1.80. The van der Waals surface area contributed by atoms with Crippen LogP contribution in [0.4, 0.5) is 0 Å². The van der Waals surface area contributed by atoms with Crippen LogP contribution in [0.2, 0.25) is 0 Å². The highest BCUT2D eigenvalue weighted by molar-refractivity contribution is 7.89. The number of aryl methyl sites for hydroxylation is 1. The zero-order valence-corrected chi connectivity index (χ0v) is 13.0. The van der Waals surface area contributed by atoms with E-state index in [9.17, 15) is 8.42 Å². The van der Waals surface area contributed by atoms with Crippen LogP contribution in [0, 0.1) is 6.92 Å². The van der Waals surface area contributed by atoms with Gasteiger partial charge in [0.2, 0.25) is 10.0 Å². The van der Waals surface area contributed by atoms with Gasteiger partial charge < -0.3 is 9.73 Å². The summed E-state index contributed by atoms with van der Waals surface area (Å²) in [5.74, 6) is 1.00. The number of rotatable bonds is 7. The van der Waals surface area contributed by atoms with Crippen molar-refractivity contribution in [3.63, 3.8) is 0 Å². The molecule has 0 saturated carbocycles. The van der Waals surface area contributed by atoms with Crippen LogP contribution in [-0.2, 0) is 23.0 Å². The molecule has 0 saturated heterocycles. The van der Waals surface area contributed by atoms with Gasteiger partial charge in [0.25, 0.3) is 0 Å². The maximum Gasteiger partial charge on any atom is 0.244 e. The number of nitrogens with one attached hydrogen (secondary N) is 2. The maximum atomic E-state index is 12.2. The molecule has 0 bridgehead atoms. The number of aromatic nitrogens is 1. The third-order valence-corrected chi connectivity index (χ3v) is 4.92. The smallest absolute Gasteiger partial charge is 0.244 e. The van der Waals surface area contributed by atoms with Gasteiger partial charge in [0.05, 0.1) is 17.7 Å². The van der Waals surface area contributed by atoms with Gasteiger partial charge in [0.1, 0.15) is 16.4 Å². The van der Waals surface area contributed by atoms with Crippen LogP contribution >= 0.6 is 11.3 Å². The minimum Gasteiger partial charge on any atom is -0.464 e. The SMILES string of the molecule is CNCc1cc(S(=O)(=O)NCCc2cscn2)c(C)o1. The van der Waals surface area contributed by atoms with Crippen LogP contribution in [0.25, 0.3) is 0 Å². The summed E-state index contributed by atoms with van der Waals surface area (Å²) in [6, 6.07) is 1.55. The lowest BCUT2D eigenvalue weighted by molar-refractivity contribution is 0.465. The number of hydrogen-bond donors (Lipinski definition) is 2. The monoisotopic (exact) mass is 315 g/mol. The number of thiazole rings is 1. The first-order valence-corrected chi connectivity index (χ1v) is 8.56. The van der Waals surface area contributed by atoms with Crippen LogP contribution in [0.1, 0.15) is 17.2 Å². The topological polar surface area (TPSA) is 84.2 Å². The predicted octanol–water partition coefficient (Wildman–Crippen LogP) is 1.28. The molecule has 2 N–H and O–H groups in total. The molecule has 110 valence electrons. The van der Waals surface area contributed by atoms with Gasteiger partial charge in [0.15, 0.2) is 0 Å². The van der Waals surface area contributed by atoms with Crippen LogP contribution in [0.5, 0.6) is 0 Å². The predicted molar refractivity (Wildman–Crippen MR) is 77.2 cm³/mol. The van der Waals surface area contributed by atoms with Crippen molar-refractivity contribution in [3.05, 3.63) is 34.2 Å². The second kappa shape index (κ2) is 6.49. The van der Waals surface area contributed by atoms with Crippen molar-refractivity contribution < 1.29 is 12.8 Å². The Labute approximate surface area is 122 Å². The van der Waals surface area contributed by atoms with E-state index in [1.165, 1.54) is 11.3 Å². The summed E-state index contributed by atoms with van der Waals surface area (Å²) in [4.78, 5) is 4.31. The van der Waals surface area contributed by atoms with Gasteiger partial charge in [-0.3, -0.25) is 0 Å². The van der Waals surface area contributed by atoms with E-state index in [4.69, 9.17) is 4.42 Å². The molecule has 8 heteroatoms. The van der Waals surface area contributed by atoms with Crippen molar-refractivity contribution in [1.82, 2.24) is 15.0 Å². The lowest BCUT2D eigenvalue weighted by Gasteiger charge is -2.04. The maximum absolute atomic E-state index is 12.2. The summed E-state index contributed by atoms with van der Waals surface area (Å²) in [5, 5.41) is 4.83. The van der Waals surface area contributed by atoms with Crippen molar-refractivity contribution in [1.29, 1.82) is 0 Å². The number of furan rings is 1. The zero-order chi connectivity index (χ0) is 14.6. The Bertz CT molecular complexity index is 648. The van der Waals surface area contributed by atoms with Gasteiger partial charge in [-0.2, -0.15) is 0 Å². The van der Waals surface area contributed by atoms with E-state index in [2.05, 4.69) is 15.0 Å². The highest BCUT2D eigenvalue weighted by Crippen LogP contribution is 2.19. The normalized spacial score (nSPS) is 11.9. The zero-order valence-electron chi connectivity index (χ0n) is 11.3. The molecule has 0 aliphatic carbocycles. The molecule has 2 heterocycles.